The number of amides is 1. The van der Waals surface area contributed by atoms with Crippen molar-refractivity contribution in [3.8, 4) is 5.75 Å². The van der Waals surface area contributed by atoms with Gasteiger partial charge in [0.15, 0.2) is 0 Å². The van der Waals surface area contributed by atoms with E-state index in [0.29, 0.717) is 27.0 Å². The van der Waals surface area contributed by atoms with Gasteiger partial charge in [-0.3, -0.25) is 15.6 Å². The maximum absolute atomic E-state index is 12.2. The van der Waals surface area contributed by atoms with Crippen LogP contribution in [0.5, 0.6) is 5.75 Å². The highest BCUT2D eigenvalue weighted by Crippen LogP contribution is 2.37. The van der Waals surface area contributed by atoms with Gasteiger partial charge in [0, 0.05) is 10.5 Å². The van der Waals surface area contributed by atoms with Gasteiger partial charge in [0.25, 0.3) is 5.91 Å². The molecule has 8 heteroatoms. The number of benzene rings is 2. The monoisotopic (exact) mass is 379 g/mol. The van der Waals surface area contributed by atoms with E-state index in [1.807, 2.05) is 18.4 Å². The molecule has 0 atom stereocenters. The van der Waals surface area contributed by atoms with E-state index in [1.165, 1.54) is 11.3 Å². The van der Waals surface area contributed by atoms with Gasteiger partial charge in [-0.15, -0.1) is 11.8 Å². The van der Waals surface area contributed by atoms with Crippen LogP contribution in [0.25, 0.3) is 10.2 Å². The van der Waals surface area contributed by atoms with Gasteiger partial charge in [-0.2, -0.15) is 0 Å². The van der Waals surface area contributed by atoms with Crippen LogP contribution in [0.2, 0.25) is 5.02 Å². The Kier molecular flexibility index (Phi) is 5.13. The number of nitrogens with one attached hydrogen (secondary N) is 2. The molecule has 0 saturated heterocycles. The first kappa shape index (κ1) is 16.9. The van der Waals surface area contributed by atoms with Crippen molar-refractivity contribution in [1.29, 1.82) is 0 Å². The van der Waals surface area contributed by atoms with E-state index >= 15 is 0 Å². The van der Waals surface area contributed by atoms with Crippen molar-refractivity contribution < 1.29 is 9.53 Å². The summed E-state index contributed by atoms with van der Waals surface area (Å²) in [6.07, 6.45) is 1.99. The number of hydrogen-bond acceptors (Lipinski definition) is 6. The van der Waals surface area contributed by atoms with Crippen molar-refractivity contribution in [2.24, 2.45) is 0 Å². The Bertz CT molecular complexity index is 881. The lowest BCUT2D eigenvalue weighted by Crippen LogP contribution is -2.29. The van der Waals surface area contributed by atoms with Crippen molar-refractivity contribution in [3.05, 3.63) is 47.0 Å². The second-order valence-electron chi connectivity index (χ2n) is 4.75. The van der Waals surface area contributed by atoms with E-state index in [0.717, 1.165) is 9.60 Å². The van der Waals surface area contributed by atoms with Crippen molar-refractivity contribution in [2.45, 2.75) is 4.90 Å². The molecule has 0 aliphatic carbocycles. The molecule has 0 aliphatic rings. The quantitative estimate of drug-likeness (QED) is 0.507. The molecular weight excluding hydrogens is 366 g/mol. The number of fused-ring (bicyclic) bond motifs is 1. The number of nitrogens with zero attached hydrogens (tertiary/aromatic N) is 1. The maximum atomic E-state index is 12.2. The van der Waals surface area contributed by atoms with E-state index in [4.69, 9.17) is 16.3 Å². The lowest BCUT2D eigenvalue weighted by molar-refractivity contribution is 0.0962. The first-order valence-corrected chi connectivity index (χ1v) is 9.37. The smallest absolute Gasteiger partial charge is 0.269 e. The van der Waals surface area contributed by atoms with Gasteiger partial charge in [-0.25, -0.2) is 4.98 Å². The molecule has 2 aromatic carbocycles. The number of thioether (sulfide) groups is 1. The summed E-state index contributed by atoms with van der Waals surface area (Å²) in [7, 11) is 1.58. The zero-order chi connectivity index (χ0) is 17.1. The molecule has 0 radical (unpaired) electrons. The summed E-state index contributed by atoms with van der Waals surface area (Å²) in [6.45, 7) is 0. The van der Waals surface area contributed by atoms with Crippen LogP contribution in [-0.4, -0.2) is 24.3 Å². The highest BCUT2D eigenvalue weighted by molar-refractivity contribution is 7.98. The number of aromatic nitrogens is 1. The van der Waals surface area contributed by atoms with E-state index in [1.54, 1.807) is 43.1 Å². The fraction of sp³-hybridized carbons (Fsp3) is 0.125. The van der Waals surface area contributed by atoms with Crippen LogP contribution in [0.3, 0.4) is 0 Å². The molecular formula is C16H14ClN3O2S2. The number of carbonyl (C=O) groups excluding carboxylic acids is 1. The molecule has 0 spiro atoms. The van der Waals surface area contributed by atoms with Crippen molar-refractivity contribution in [3.63, 3.8) is 0 Å². The summed E-state index contributed by atoms with van der Waals surface area (Å²) in [4.78, 5) is 17.7. The minimum atomic E-state index is -0.236. The summed E-state index contributed by atoms with van der Waals surface area (Å²) in [5, 5.41) is 1.13. The average Bonchev–Trinajstić information content (AvgIpc) is 3.05. The van der Waals surface area contributed by atoms with Crippen LogP contribution in [0.15, 0.2) is 41.3 Å². The number of anilines is 1. The molecule has 3 aromatic rings. The number of ether oxygens (including phenoxy) is 1. The predicted molar refractivity (Wildman–Crippen MR) is 100 cm³/mol. The summed E-state index contributed by atoms with van der Waals surface area (Å²) in [5.41, 5.74) is 6.70. The number of hydrazine groups is 1. The number of thiazole rings is 1. The van der Waals surface area contributed by atoms with E-state index in [9.17, 15) is 4.79 Å². The molecule has 0 saturated carbocycles. The lowest BCUT2D eigenvalue weighted by atomic mass is 10.2. The molecule has 0 unspecified atom stereocenters. The Labute approximate surface area is 152 Å². The Morgan fingerprint density at radius 2 is 2.00 bits per heavy atom. The van der Waals surface area contributed by atoms with Crippen molar-refractivity contribution >= 4 is 56.0 Å². The van der Waals surface area contributed by atoms with Gasteiger partial charge in [0.2, 0.25) is 5.13 Å². The van der Waals surface area contributed by atoms with Crippen LogP contribution in [0, 0.1) is 0 Å². The molecule has 0 fully saturated rings. The highest BCUT2D eigenvalue weighted by Gasteiger charge is 2.13. The van der Waals surface area contributed by atoms with E-state index in [2.05, 4.69) is 15.8 Å². The van der Waals surface area contributed by atoms with Crippen molar-refractivity contribution in [1.82, 2.24) is 10.4 Å². The number of carbonyl (C=O) groups is 1. The number of rotatable bonds is 5. The van der Waals surface area contributed by atoms with Gasteiger partial charge in [0.05, 0.1) is 16.8 Å². The second kappa shape index (κ2) is 7.29. The topological polar surface area (TPSA) is 63.2 Å². The van der Waals surface area contributed by atoms with Crippen LogP contribution >= 0.6 is 34.7 Å². The summed E-state index contributed by atoms with van der Waals surface area (Å²) in [5.74, 6) is 0.401. The normalized spacial score (nSPS) is 10.6. The second-order valence-corrected chi connectivity index (χ2v) is 7.04. The van der Waals surface area contributed by atoms with Gasteiger partial charge in [-0.1, -0.05) is 22.9 Å². The Morgan fingerprint density at radius 1 is 1.25 bits per heavy atom. The molecule has 5 nitrogen and oxygen atoms in total. The lowest BCUT2D eigenvalue weighted by Gasteiger charge is -2.05. The minimum absolute atomic E-state index is 0.236. The SMILES string of the molecule is COc1ccc(Cl)c2sc(NNC(=O)c3ccc(SC)cc3)nc12. The van der Waals surface area contributed by atoms with Crippen LogP contribution < -0.4 is 15.6 Å². The van der Waals surface area contributed by atoms with E-state index < -0.39 is 0 Å². The third-order valence-electron chi connectivity index (χ3n) is 3.31. The molecule has 3 rings (SSSR count). The van der Waals surface area contributed by atoms with Crippen LogP contribution in [-0.2, 0) is 0 Å². The Balaban J connectivity index is 1.75. The standard InChI is InChI=1S/C16H14ClN3O2S2/c1-22-12-8-7-11(17)14-13(12)18-16(24-14)20-19-15(21)9-3-5-10(23-2)6-4-9/h3-8H,1-2H3,(H,18,20)(H,19,21). The minimum Gasteiger partial charge on any atom is -0.494 e. The molecule has 0 bridgehead atoms. The molecule has 1 amide bonds. The Morgan fingerprint density at radius 3 is 2.67 bits per heavy atom. The molecule has 124 valence electrons. The van der Waals surface area contributed by atoms with E-state index in [-0.39, 0.29) is 5.91 Å². The van der Waals surface area contributed by atoms with Crippen LogP contribution in [0.1, 0.15) is 10.4 Å². The third-order valence-corrected chi connectivity index (χ3v) is 5.49. The van der Waals surface area contributed by atoms with Gasteiger partial charge < -0.3 is 4.74 Å². The van der Waals surface area contributed by atoms with Gasteiger partial charge in [-0.05, 0) is 42.7 Å². The number of hydrogen-bond donors (Lipinski definition) is 2. The van der Waals surface area contributed by atoms with Crippen molar-refractivity contribution in [2.75, 3.05) is 18.8 Å². The molecule has 24 heavy (non-hydrogen) atoms. The molecule has 2 N–H and O–H groups in total. The predicted octanol–water partition coefficient (Wildman–Crippen LogP) is 4.44. The maximum Gasteiger partial charge on any atom is 0.269 e. The first-order valence-electron chi connectivity index (χ1n) is 6.96. The summed E-state index contributed by atoms with van der Waals surface area (Å²) < 4.78 is 6.08. The average molecular weight is 380 g/mol. The molecule has 0 aliphatic heterocycles. The number of methoxy groups -OCH3 is 1. The zero-order valence-corrected chi connectivity index (χ0v) is 15.3. The Hall–Kier alpha value is -1.96. The fourth-order valence-electron chi connectivity index (χ4n) is 2.10. The molecule has 1 aromatic heterocycles. The number of halogens is 1. The summed E-state index contributed by atoms with van der Waals surface area (Å²) >= 11 is 9.16. The first-order chi connectivity index (χ1) is 11.6. The third kappa shape index (κ3) is 3.43. The fourth-order valence-corrected chi connectivity index (χ4v) is 3.61. The largest absolute Gasteiger partial charge is 0.494 e. The van der Waals surface area contributed by atoms with Crippen LogP contribution in [0.4, 0.5) is 5.13 Å². The van der Waals surface area contributed by atoms with Gasteiger partial charge >= 0.3 is 0 Å². The zero-order valence-electron chi connectivity index (χ0n) is 12.9. The summed E-state index contributed by atoms with van der Waals surface area (Å²) in [6, 6.07) is 10.9. The highest BCUT2D eigenvalue weighted by atomic mass is 35.5. The molecule has 1 heterocycles. The van der Waals surface area contributed by atoms with Gasteiger partial charge in [0.1, 0.15) is 11.3 Å².